The normalized spacial score (nSPS) is 14.3. The van der Waals surface area contributed by atoms with Gasteiger partial charge in [0.2, 0.25) is 0 Å². The first-order valence-electron chi connectivity index (χ1n) is 6.35. The van der Waals surface area contributed by atoms with Gasteiger partial charge in [-0.3, -0.25) is 0 Å². The molecule has 1 heterocycles. The molecule has 3 nitrogen and oxygen atoms in total. The Morgan fingerprint density at radius 2 is 2.00 bits per heavy atom. The van der Waals surface area contributed by atoms with Crippen LogP contribution in [0.3, 0.4) is 0 Å². The summed E-state index contributed by atoms with van der Waals surface area (Å²) in [7, 11) is 0. The largest absolute Gasteiger partial charge is 0.467 e. The summed E-state index contributed by atoms with van der Waals surface area (Å²) < 4.78 is 11.3. The molecule has 2 N–H and O–H groups in total. The van der Waals surface area contributed by atoms with Crippen molar-refractivity contribution in [3.8, 4) is 0 Å². The predicted molar refractivity (Wildman–Crippen MR) is 76.0 cm³/mol. The third-order valence-corrected chi connectivity index (χ3v) is 3.28. The number of hydrogen-bond acceptors (Lipinski definition) is 3. The number of benzene rings is 1. The average Bonchev–Trinajstić information content (AvgIpc) is 2.94. The summed E-state index contributed by atoms with van der Waals surface area (Å²) in [4.78, 5) is 0. The molecule has 2 aromatic rings. The van der Waals surface area contributed by atoms with E-state index in [0.717, 1.165) is 22.8 Å². The number of nitrogens with two attached hydrogens (primary N) is 1. The van der Waals surface area contributed by atoms with Crippen molar-refractivity contribution in [2.75, 3.05) is 0 Å². The molecule has 0 fully saturated rings. The maximum atomic E-state index is 6.09. The number of ether oxygens (including phenoxy) is 1. The molecule has 19 heavy (non-hydrogen) atoms. The molecular formula is C15H18ClNO2. The fraction of sp³-hybridized carbons (Fsp3) is 0.333. The van der Waals surface area contributed by atoms with E-state index in [-0.39, 0.29) is 12.1 Å². The van der Waals surface area contributed by atoms with Gasteiger partial charge in [0.1, 0.15) is 11.9 Å². The Balaban J connectivity index is 2.02. The summed E-state index contributed by atoms with van der Waals surface area (Å²) in [5, 5.41) is 0.719. The summed E-state index contributed by atoms with van der Waals surface area (Å²) in [5.41, 5.74) is 7.15. The van der Waals surface area contributed by atoms with Crippen LogP contribution in [-0.4, -0.2) is 6.04 Å². The molecule has 2 unspecified atom stereocenters. The van der Waals surface area contributed by atoms with E-state index in [4.69, 9.17) is 26.5 Å². The van der Waals surface area contributed by atoms with Gasteiger partial charge in [0, 0.05) is 11.1 Å². The van der Waals surface area contributed by atoms with Gasteiger partial charge in [0.05, 0.1) is 12.9 Å². The zero-order valence-corrected chi connectivity index (χ0v) is 11.6. The van der Waals surface area contributed by atoms with Crippen molar-refractivity contribution in [2.45, 2.75) is 32.1 Å². The molecule has 0 saturated carbocycles. The van der Waals surface area contributed by atoms with Crippen molar-refractivity contribution in [3.05, 3.63) is 59.0 Å². The average molecular weight is 280 g/mol. The standard InChI is InChI=1S/C15H18ClNO2/c1-2-13(17)15(14-4-3-9-18-14)19-10-11-5-7-12(16)8-6-11/h3-9,13,15H,2,10,17H2,1H3. The molecule has 0 radical (unpaired) electrons. The Morgan fingerprint density at radius 1 is 1.26 bits per heavy atom. The van der Waals surface area contributed by atoms with E-state index < -0.39 is 0 Å². The quantitative estimate of drug-likeness (QED) is 0.871. The molecule has 0 spiro atoms. The molecule has 0 aliphatic rings. The molecule has 0 saturated heterocycles. The van der Waals surface area contributed by atoms with E-state index in [9.17, 15) is 0 Å². The third kappa shape index (κ3) is 3.83. The number of hydrogen-bond donors (Lipinski definition) is 1. The lowest BCUT2D eigenvalue weighted by Crippen LogP contribution is -2.29. The molecule has 1 aromatic carbocycles. The van der Waals surface area contributed by atoms with Crippen LogP contribution < -0.4 is 5.73 Å². The van der Waals surface area contributed by atoms with Crippen molar-refractivity contribution in [2.24, 2.45) is 5.73 Å². The second-order valence-electron chi connectivity index (χ2n) is 4.45. The van der Waals surface area contributed by atoms with Crippen molar-refractivity contribution in [1.82, 2.24) is 0 Å². The van der Waals surface area contributed by atoms with E-state index >= 15 is 0 Å². The molecule has 102 valence electrons. The maximum absolute atomic E-state index is 6.09. The summed E-state index contributed by atoms with van der Waals surface area (Å²) >= 11 is 5.85. The lowest BCUT2D eigenvalue weighted by atomic mass is 10.1. The molecule has 4 heteroatoms. The van der Waals surface area contributed by atoms with Crippen LogP contribution in [0, 0.1) is 0 Å². The Morgan fingerprint density at radius 3 is 2.58 bits per heavy atom. The van der Waals surface area contributed by atoms with Gasteiger partial charge >= 0.3 is 0 Å². The van der Waals surface area contributed by atoms with Crippen LogP contribution in [0.25, 0.3) is 0 Å². The first-order valence-corrected chi connectivity index (χ1v) is 6.73. The summed E-state index contributed by atoms with van der Waals surface area (Å²) in [6.07, 6.45) is 2.23. The van der Waals surface area contributed by atoms with E-state index in [1.807, 2.05) is 43.3 Å². The first kappa shape index (κ1) is 14.1. The predicted octanol–water partition coefficient (Wildman–Crippen LogP) is 3.93. The van der Waals surface area contributed by atoms with Crippen LogP contribution in [0.1, 0.15) is 30.8 Å². The Kier molecular flexibility index (Phi) is 5.02. The van der Waals surface area contributed by atoms with Gasteiger partial charge < -0.3 is 14.9 Å². The molecule has 0 aliphatic heterocycles. The van der Waals surface area contributed by atoms with Gasteiger partial charge in [-0.25, -0.2) is 0 Å². The molecule has 0 amide bonds. The van der Waals surface area contributed by atoms with Crippen LogP contribution >= 0.6 is 11.6 Å². The molecule has 1 aromatic heterocycles. The van der Waals surface area contributed by atoms with E-state index in [0.29, 0.717) is 6.61 Å². The maximum Gasteiger partial charge on any atom is 0.134 e. The summed E-state index contributed by atoms with van der Waals surface area (Å²) in [6, 6.07) is 11.2. The zero-order valence-electron chi connectivity index (χ0n) is 10.9. The second-order valence-corrected chi connectivity index (χ2v) is 4.88. The monoisotopic (exact) mass is 279 g/mol. The highest BCUT2D eigenvalue weighted by atomic mass is 35.5. The number of rotatable bonds is 6. The molecule has 2 atom stereocenters. The Labute approximate surface area is 118 Å². The highest BCUT2D eigenvalue weighted by Gasteiger charge is 2.21. The lowest BCUT2D eigenvalue weighted by molar-refractivity contribution is 0.00748. The van der Waals surface area contributed by atoms with E-state index in [1.54, 1.807) is 6.26 Å². The third-order valence-electron chi connectivity index (χ3n) is 3.03. The molecular weight excluding hydrogens is 262 g/mol. The summed E-state index contributed by atoms with van der Waals surface area (Å²) in [6.45, 7) is 2.52. The zero-order chi connectivity index (χ0) is 13.7. The fourth-order valence-corrected chi connectivity index (χ4v) is 1.98. The smallest absolute Gasteiger partial charge is 0.134 e. The Hall–Kier alpha value is -1.29. The van der Waals surface area contributed by atoms with E-state index in [2.05, 4.69) is 0 Å². The van der Waals surface area contributed by atoms with Crippen molar-refractivity contribution in [1.29, 1.82) is 0 Å². The van der Waals surface area contributed by atoms with Gasteiger partial charge in [-0.15, -0.1) is 0 Å². The van der Waals surface area contributed by atoms with E-state index in [1.165, 1.54) is 0 Å². The molecule has 0 aliphatic carbocycles. The van der Waals surface area contributed by atoms with Gasteiger partial charge in [0.25, 0.3) is 0 Å². The topological polar surface area (TPSA) is 48.4 Å². The number of halogens is 1. The minimum absolute atomic E-state index is 0.0848. The SMILES string of the molecule is CCC(N)C(OCc1ccc(Cl)cc1)c1ccco1. The first-order chi connectivity index (χ1) is 9.20. The van der Waals surface area contributed by atoms with Crippen LogP contribution in [0.2, 0.25) is 5.02 Å². The fourth-order valence-electron chi connectivity index (χ4n) is 1.85. The van der Waals surface area contributed by atoms with Crippen LogP contribution in [0.5, 0.6) is 0 Å². The van der Waals surface area contributed by atoms with Crippen molar-refractivity contribution in [3.63, 3.8) is 0 Å². The summed E-state index contributed by atoms with van der Waals surface area (Å²) in [5.74, 6) is 0.767. The van der Waals surface area contributed by atoms with Gasteiger partial charge in [-0.2, -0.15) is 0 Å². The minimum Gasteiger partial charge on any atom is -0.467 e. The van der Waals surface area contributed by atoms with Crippen LogP contribution in [0.15, 0.2) is 47.1 Å². The van der Waals surface area contributed by atoms with Gasteiger partial charge in [-0.05, 0) is 36.2 Å². The second kappa shape index (κ2) is 6.75. The van der Waals surface area contributed by atoms with Crippen LogP contribution in [-0.2, 0) is 11.3 Å². The Bertz CT molecular complexity index is 481. The lowest BCUT2D eigenvalue weighted by Gasteiger charge is -2.21. The molecule has 0 bridgehead atoms. The van der Waals surface area contributed by atoms with Crippen molar-refractivity contribution < 1.29 is 9.15 Å². The highest BCUT2D eigenvalue weighted by Crippen LogP contribution is 2.24. The van der Waals surface area contributed by atoms with Crippen molar-refractivity contribution >= 4 is 11.6 Å². The number of furan rings is 1. The van der Waals surface area contributed by atoms with Gasteiger partial charge in [-0.1, -0.05) is 30.7 Å². The van der Waals surface area contributed by atoms with Gasteiger partial charge in [0.15, 0.2) is 0 Å². The minimum atomic E-state index is -0.226. The highest BCUT2D eigenvalue weighted by molar-refractivity contribution is 6.30. The molecule has 2 rings (SSSR count). The van der Waals surface area contributed by atoms with Crippen LogP contribution in [0.4, 0.5) is 0 Å².